The second-order valence-corrected chi connectivity index (χ2v) is 4.71. The number of pyridine rings is 1. The lowest BCUT2D eigenvalue weighted by Crippen LogP contribution is -2.09. The van der Waals surface area contributed by atoms with Gasteiger partial charge in [0.2, 0.25) is 0 Å². The summed E-state index contributed by atoms with van der Waals surface area (Å²) in [6.45, 7) is 5.39. The zero-order chi connectivity index (χ0) is 11.5. The first-order chi connectivity index (χ1) is 7.72. The van der Waals surface area contributed by atoms with Crippen molar-refractivity contribution in [3.63, 3.8) is 0 Å². The van der Waals surface area contributed by atoms with Gasteiger partial charge in [-0.3, -0.25) is 4.98 Å². The van der Waals surface area contributed by atoms with E-state index in [4.69, 9.17) is 11.6 Å². The van der Waals surface area contributed by atoms with Crippen LogP contribution in [0.15, 0.2) is 18.5 Å². The lowest BCUT2D eigenvalue weighted by atomic mass is 10.2. The second kappa shape index (κ2) is 4.83. The Morgan fingerprint density at radius 2 is 2.25 bits per heavy atom. The molecule has 0 spiro atoms. The van der Waals surface area contributed by atoms with E-state index in [1.54, 1.807) is 0 Å². The fraction of sp³-hybridized carbons (Fsp3) is 0.500. The first-order valence-electron chi connectivity index (χ1n) is 5.57. The molecule has 0 radical (unpaired) electrons. The molecular formula is C12H16ClN3. The summed E-state index contributed by atoms with van der Waals surface area (Å²) in [7, 11) is 0. The van der Waals surface area contributed by atoms with Crippen LogP contribution < -0.4 is 0 Å². The maximum Gasteiger partial charge on any atom is 0.111 e. The van der Waals surface area contributed by atoms with Gasteiger partial charge in [-0.15, -0.1) is 11.6 Å². The number of halogens is 1. The van der Waals surface area contributed by atoms with Crippen molar-refractivity contribution in [1.82, 2.24) is 14.5 Å². The van der Waals surface area contributed by atoms with Crippen LogP contribution in [0.4, 0.5) is 0 Å². The van der Waals surface area contributed by atoms with Gasteiger partial charge in [-0.25, -0.2) is 4.98 Å². The minimum Gasteiger partial charge on any atom is -0.328 e. The molecule has 0 amide bonds. The van der Waals surface area contributed by atoms with Crippen LogP contribution in [0.2, 0.25) is 0 Å². The monoisotopic (exact) mass is 237 g/mol. The molecule has 2 heterocycles. The Morgan fingerprint density at radius 3 is 2.94 bits per heavy atom. The predicted octanol–water partition coefficient (Wildman–Crippen LogP) is 2.87. The lowest BCUT2D eigenvalue weighted by Gasteiger charge is -2.10. The summed E-state index contributed by atoms with van der Waals surface area (Å²) in [5.74, 6) is 2.26. The van der Waals surface area contributed by atoms with Crippen molar-refractivity contribution in [2.24, 2.45) is 5.92 Å². The van der Waals surface area contributed by atoms with Crippen molar-refractivity contribution in [3.05, 3.63) is 24.3 Å². The number of alkyl halides is 1. The number of hydrogen-bond acceptors (Lipinski definition) is 2. The molecule has 0 bridgehead atoms. The van der Waals surface area contributed by atoms with Crippen molar-refractivity contribution >= 4 is 22.6 Å². The summed E-state index contributed by atoms with van der Waals surface area (Å²) in [5, 5.41) is 0. The molecule has 2 aromatic rings. The molecule has 16 heavy (non-hydrogen) atoms. The number of rotatable bonds is 4. The van der Waals surface area contributed by atoms with E-state index < -0.39 is 0 Å². The molecule has 86 valence electrons. The van der Waals surface area contributed by atoms with E-state index >= 15 is 0 Å². The summed E-state index contributed by atoms with van der Waals surface area (Å²) < 4.78 is 2.25. The van der Waals surface area contributed by atoms with E-state index in [0.29, 0.717) is 11.8 Å². The van der Waals surface area contributed by atoms with E-state index in [9.17, 15) is 0 Å². The molecule has 0 saturated heterocycles. The SMILES string of the molecule is CC(C)Cn1c(CCCl)nc2cnccc21. The van der Waals surface area contributed by atoms with Crippen LogP contribution >= 0.6 is 11.6 Å². The molecule has 0 unspecified atom stereocenters. The van der Waals surface area contributed by atoms with E-state index in [1.165, 1.54) is 0 Å². The van der Waals surface area contributed by atoms with Crippen molar-refractivity contribution in [1.29, 1.82) is 0 Å². The zero-order valence-corrected chi connectivity index (χ0v) is 10.4. The number of nitrogens with zero attached hydrogens (tertiary/aromatic N) is 3. The van der Waals surface area contributed by atoms with E-state index in [0.717, 1.165) is 29.8 Å². The van der Waals surface area contributed by atoms with Crippen LogP contribution in [0, 0.1) is 5.92 Å². The normalized spacial score (nSPS) is 11.5. The van der Waals surface area contributed by atoms with Gasteiger partial charge in [0.1, 0.15) is 11.3 Å². The first kappa shape index (κ1) is 11.4. The van der Waals surface area contributed by atoms with Gasteiger partial charge in [-0.1, -0.05) is 13.8 Å². The van der Waals surface area contributed by atoms with Crippen molar-refractivity contribution in [2.75, 3.05) is 5.88 Å². The Labute approximate surface area is 100 Å². The Hall–Kier alpha value is -1.09. The number of hydrogen-bond donors (Lipinski definition) is 0. The zero-order valence-electron chi connectivity index (χ0n) is 9.65. The maximum atomic E-state index is 5.80. The summed E-state index contributed by atoms with van der Waals surface area (Å²) >= 11 is 5.80. The average Bonchev–Trinajstić information content (AvgIpc) is 2.57. The van der Waals surface area contributed by atoms with E-state index in [1.807, 2.05) is 18.5 Å². The third kappa shape index (κ3) is 2.19. The molecule has 4 heteroatoms. The van der Waals surface area contributed by atoms with Crippen LogP contribution in [0.3, 0.4) is 0 Å². The summed E-state index contributed by atoms with van der Waals surface area (Å²) in [5.41, 5.74) is 2.12. The van der Waals surface area contributed by atoms with E-state index in [-0.39, 0.29) is 0 Å². The van der Waals surface area contributed by atoms with Gasteiger partial charge in [0, 0.05) is 25.0 Å². The molecular weight excluding hydrogens is 222 g/mol. The summed E-state index contributed by atoms with van der Waals surface area (Å²) in [6.07, 6.45) is 4.43. The summed E-state index contributed by atoms with van der Waals surface area (Å²) in [4.78, 5) is 8.67. The number of imidazole rings is 1. The van der Waals surface area contributed by atoms with Crippen molar-refractivity contribution < 1.29 is 0 Å². The highest BCUT2D eigenvalue weighted by atomic mass is 35.5. The molecule has 2 rings (SSSR count). The molecule has 0 fully saturated rings. The largest absolute Gasteiger partial charge is 0.328 e. The van der Waals surface area contributed by atoms with Crippen LogP contribution in [0.5, 0.6) is 0 Å². The highest BCUT2D eigenvalue weighted by Crippen LogP contribution is 2.17. The highest BCUT2D eigenvalue weighted by Gasteiger charge is 2.10. The first-order valence-corrected chi connectivity index (χ1v) is 6.11. The Balaban J connectivity index is 2.50. The molecule has 2 aromatic heterocycles. The molecule has 0 saturated carbocycles. The number of aromatic nitrogens is 3. The standard InChI is InChI=1S/C12H16ClN3/c1-9(2)8-16-11-4-6-14-7-10(11)15-12(16)3-5-13/h4,6-7,9H,3,5,8H2,1-2H3. The van der Waals surface area contributed by atoms with Crippen LogP contribution in [-0.2, 0) is 13.0 Å². The highest BCUT2D eigenvalue weighted by molar-refractivity contribution is 6.17. The van der Waals surface area contributed by atoms with Gasteiger partial charge in [0.05, 0.1) is 11.7 Å². The molecule has 0 aliphatic rings. The molecule has 0 aliphatic carbocycles. The lowest BCUT2D eigenvalue weighted by molar-refractivity contribution is 0.519. The van der Waals surface area contributed by atoms with Gasteiger partial charge in [-0.2, -0.15) is 0 Å². The molecule has 3 nitrogen and oxygen atoms in total. The van der Waals surface area contributed by atoms with Crippen molar-refractivity contribution in [3.8, 4) is 0 Å². The Bertz CT molecular complexity index is 476. The number of fused-ring (bicyclic) bond motifs is 1. The van der Waals surface area contributed by atoms with E-state index in [2.05, 4.69) is 28.4 Å². The Morgan fingerprint density at radius 1 is 1.44 bits per heavy atom. The van der Waals surface area contributed by atoms with Crippen LogP contribution in [-0.4, -0.2) is 20.4 Å². The molecule has 0 N–H and O–H groups in total. The smallest absolute Gasteiger partial charge is 0.111 e. The third-order valence-corrected chi connectivity index (χ3v) is 2.68. The van der Waals surface area contributed by atoms with Crippen LogP contribution in [0.1, 0.15) is 19.7 Å². The number of aryl methyl sites for hydroxylation is 1. The van der Waals surface area contributed by atoms with Gasteiger partial charge in [0.15, 0.2) is 0 Å². The quantitative estimate of drug-likeness (QED) is 0.766. The van der Waals surface area contributed by atoms with Crippen molar-refractivity contribution in [2.45, 2.75) is 26.8 Å². The van der Waals surface area contributed by atoms with Gasteiger partial charge < -0.3 is 4.57 Å². The third-order valence-electron chi connectivity index (χ3n) is 2.50. The summed E-state index contributed by atoms with van der Waals surface area (Å²) in [6, 6.07) is 2.02. The maximum absolute atomic E-state index is 5.80. The fourth-order valence-electron chi connectivity index (χ4n) is 1.88. The van der Waals surface area contributed by atoms with Crippen LogP contribution in [0.25, 0.3) is 11.0 Å². The molecule has 0 aliphatic heterocycles. The topological polar surface area (TPSA) is 30.7 Å². The second-order valence-electron chi connectivity index (χ2n) is 4.34. The minimum atomic E-state index is 0.597. The predicted molar refractivity (Wildman–Crippen MR) is 66.8 cm³/mol. The fourth-order valence-corrected chi connectivity index (χ4v) is 2.04. The van der Waals surface area contributed by atoms with Gasteiger partial charge in [-0.05, 0) is 12.0 Å². The average molecular weight is 238 g/mol. The molecule has 0 aromatic carbocycles. The Kier molecular flexibility index (Phi) is 3.44. The molecule has 0 atom stereocenters. The van der Waals surface area contributed by atoms with Gasteiger partial charge in [0.25, 0.3) is 0 Å². The minimum absolute atomic E-state index is 0.597. The van der Waals surface area contributed by atoms with Gasteiger partial charge >= 0.3 is 0 Å².